The summed E-state index contributed by atoms with van der Waals surface area (Å²) in [7, 11) is 0. The molecule has 1 rings (SSSR count). The van der Waals surface area contributed by atoms with E-state index in [1.165, 1.54) is 0 Å². The fraction of sp³-hybridized carbons (Fsp3) is 0.875. The predicted molar refractivity (Wildman–Crippen MR) is 50.6 cm³/mol. The summed E-state index contributed by atoms with van der Waals surface area (Å²) in [5.74, 6) is 0.301. The van der Waals surface area contributed by atoms with Gasteiger partial charge in [-0.25, -0.2) is 0 Å². The zero-order valence-corrected chi connectivity index (χ0v) is 8.12. The normalized spacial score (nSPS) is 29.1. The van der Waals surface area contributed by atoms with E-state index in [0.717, 1.165) is 25.1 Å². The molecule has 1 aliphatic heterocycles. The average Bonchev–Trinajstić information content (AvgIpc) is 2.50. The first-order valence-electron chi connectivity index (χ1n) is 4.14. The summed E-state index contributed by atoms with van der Waals surface area (Å²) in [5, 5.41) is 12.2. The van der Waals surface area contributed by atoms with Crippen LogP contribution in [0.25, 0.3) is 0 Å². The molecule has 0 saturated carbocycles. The van der Waals surface area contributed by atoms with Gasteiger partial charge in [-0.1, -0.05) is 0 Å². The molecule has 0 aromatic rings. The number of rotatable bonds is 4. The van der Waals surface area contributed by atoms with E-state index in [1.54, 1.807) is 11.8 Å². The van der Waals surface area contributed by atoms with Crippen molar-refractivity contribution in [3.8, 4) is 0 Å². The molecule has 12 heavy (non-hydrogen) atoms. The van der Waals surface area contributed by atoms with Crippen molar-refractivity contribution in [1.82, 2.24) is 5.32 Å². The minimum Gasteiger partial charge on any atom is -0.481 e. The maximum absolute atomic E-state index is 11.0. The topological polar surface area (TPSA) is 49.3 Å². The van der Waals surface area contributed by atoms with Crippen molar-refractivity contribution in [2.24, 2.45) is 5.41 Å². The van der Waals surface area contributed by atoms with Gasteiger partial charge in [-0.3, -0.25) is 4.79 Å². The molecule has 1 saturated heterocycles. The number of carboxylic acids is 1. The number of aliphatic carboxylic acids is 1. The van der Waals surface area contributed by atoms with Crippen LogP contribution in [0.15, 0.2) is 0 Å². The Morgan fingerprint density at radius 1 is 1.75 bits per heavy atom. The summed E-state index contributed by atoms with van der Waals surface area (Å²) in [6, 6.07) is 0. The number of nitrogens with one attached hydrogen (secondary N) is 1. The lowest BCUT2D eigenvalue weighted by atomic mass is 9.84. The lowest BCUT2D eigenvalue weighted by Crippen LogP contribution is -2.33. The van der Waals surface area contributed by atoms with E-state index < -0.39 is 11.4 Å². The molecule has 1 atom stereocenters. The molecule has 0 aromatic heterocycles. The van der Waals surface area contributed by atoms with Gasteiger partial charge in [0.25, 0.3) is 0 Å². The average molecular weight is 189 g/mol. The summed E-state index contributed by atoms with van der Waals surface area (Å²) in [6.45, 7) is 1.49. The lowest BCUT2D eigenvalue weighted by molar-refractivity contribution is -0.147. The van der Waals surface area contributed by atoms with Crippen molar-refractivity contribution in [1.29, 1.82) is 0 Å². The van der Waals surface area contributed by atoms with Crippen LogP contribution < -0.4 is 5.32 Å². The second kappa shape index (κ2) is 4.14. The Bertz CT molecular complexity index is 166. The number of hydrogen-bond acceptors (Lipinski definition) is 3. The summed E-state index contributed by atoms with van der Waals surface area (Å²) < 4.78 is 0. The first-order chi connectivity index (χ1) is 5.71. The molecule has 0 amide bonds. The van der Waals surface area contributed by atoms with Gasteiger partial charge in [-0.15, -0.1) is 0 Å². The van der Waals surface area contributed by atoms with Gasteiger partial charge in [-0.05, 0) is 31.4 Å². The Kier molecular flexibility index (Phi) is 3.40. The van der Waals surface area contributed by atoms with Crippen LogP contribution in [0.2, 0.25) is 0 Å². The second-order valence-electron chi connectivity index (χ2n) is 3.26. The van der Waals surface area contributed by atoms with Gasteiger partial charge in [0.05, 0.1) is 5.41 Å². The van der Waals surface area contributed by atoms with E-state index >= 15 is 0 Å². The summed E-state index contributed by atoms with van der Waals surface area (Å²) in [5.41, 5.74) is -0.469. The fourth-order valence-electron chi connectivity index (χ4n) is 1.54. The molecule has 1 fully saturated rings. The summed E-state index contributed by atoms with van der Waals surface area (Å²) in [6.07, 6.45) is 3.58. The number of hydrogen-bond donors (Lipinski definition) is 2. The molecule has 1 heterocycles. The first kappa shape index (κ1) is 9.86. The quantitative estimate of drug-likeness (QED) is 0.687. The Labute approximate surface area is 76.9 Å². The van der Waals surface area contributed by atoms with E-state index in [2.05, 4.69) is 5.32 Å². The maximum atomic E-state index is 11.0. The van der Waals surface area contributed by atoms with Crippen molar-refractivity contribution in [3.63, 3.8) is 0 Å². The number of carboxylic acid groups (broad SMARTS) is 1. The van der Waals surface area contributed by atoms with E-state index in [4.69, 9.17) is 5.11 Å². The maximum Gasteiger partial charge on any atom is 0.311 e. The van der Waals surface area contributed by atoms with Gasteiger partial charge in [0.15, 0.2) is 0 Å². The molecule has 1 unspecified atom stereocenters. The van der Waals surface area contributed by atoms with Crippen molar-refractivity contribution in [3.05, 3.63) is 0 Å². The molecular formula is C8H15NO2S. The zero-order valence-electron chi connectivity index (χ0n) is 7.30. The third-order valence-corrected chi connectivity index (χ3v) is 3.09. The first-order valence-corrected chi connectivity index (χ1v) is 5.54. The highest BCUT2D eigenvalue weighted by Gasteiger charge is 2.40. The smallest absolute Gasteiger partial charge is 0.311 e. The molecule has 0 bridgehead atoms. The van der Waals surface area contributed by atoms with Gasteiger partial charge in [-0.2, -0.15) is 11.8 Å². The van der Waals surface area contributed by atoms with Gasteiger partial charge >= 0.3 is 5.97 Å². The van der Waals surface area contributed by atoms with Crippen LogP contribution in [-0.4, -0.2) is 36.2 Å². The molecule has 0 spiro atoms. The molecule has 4 heteroatoms. The van der Waals surface area contributed by atoms with Gasteiger partial charge in [0.2, 0.25) is 0 Å². The van der Waals surface area contributed by atoms with Crippen molar-refractivity contribution >= 4 is 17.7 Å². The standard InChI is InChI=1S/C8H15NO2S/c1-12-5-3-8(7(10)11)2-4-9-6-8/h9H,2-6H2,1H3,(H,10,11). The van der Waals surface area contributed by atoms with E-state index in [0.29, 0.717) is 6.54 Å². The van der Waals surface area contributed by atoms with Crippen molar-refractivity contribution < 1.29 is 9.90 Å². The summed E-state index contributed by atoms with van der Waals surface area (Å²) >= 11 is 1.71. The van der Waals surface area contributed by atoms with Crippen LogP contribution in [-0.2, 0) is 4.79 Å². The number of carbonyl (C=O) groups is 1. The molecule has 0 radical (unpaired) electrons. The van der Waals surface area contributed by atoms with E-state index in [-0.39, 0.29) is 0 Å². The Morgan fingerprint density at radius 3 is 2.92 bits per heavy atom. The molecule has 0 aromatic carbocycles. The minimum absolute atomic E-state index is 0.469. The van der Waals surface area contributed by atoms with Crippen LogP contribution in [0.3, 0.4) is 0 Å². The largest absolute Gasteiger partial charge is 0.481 e. The molecule has 3 nitrogen and oxygen atoms in total. The molecular weight excluding hydrogens is 174 g/mol. The van der Waals surface area contributed by atoms with Crippen molar-refractivity contribution in [2.45, 2.75) is 12.8 Å². The summed E-state index contributed by atoms with van der Waals surface area (Å²) in [4.78, 5) is 11.0. The Hall–Kier alpha value is -0.220. The van der Waals surface area contributed by atoms with Crippen LogP contribution in [0.5, 0.6) is 0 Å². The molecule has 70 valence electrons. The second-order valence-corrected chi connectivity index (χ2v) is 4.24. The molecule has 2 N–H and O–H groups in total. The van der Waals surface area contributed by atoms with Crippen LogP contribution in [0, 0.1) is 5.41 Å². The Balaban J connectivity index is 2.53. The Morgan fingerprint density at radius 2 is 2.50 bits per heavy atom. The van der Waals surface area contributed by atoms with Gasteiger partial charge < -0.3 is 10.4 Å². The minimum atomic E-state index is -0.637. The third-order valence-electron chi connectivity index (χ3n) is 2.48. The van der Waals surface area contributed by atoms with Crippen LogP contribution >= 0.6 is 11.8 Å². The highest BCUT2D eigenvalue weighted by Crippen LogP contribution is 2.30. The lowest BCUT2D eigenvalue weighted by Gasteiger charge is -2.21. The van der Waals surface area contributed by atoms with E-state index in [1.807, 2.05) is 6.26 Å². The van der Waals surface area contributed by atoms with Crippen LogP contribution in [0.4, 0.5) is 0 Å². The highest BCUT2D eigenvalue weighted by atomic mass is 32.2. The number of thioether (sulfide) groups is 1. The predicted octanol–water partition coefficient (Wildman–Crippen LogP) is 0.804. The van der Waals surface area contributed by atoms with E-state index in [9.17, 15) is 4.79 Å². The monoisotopic (exact) mass is 189 g/mol. The zero-order chi connectivity index (χ0) is 9.03. The SMILES string of the molecule is CSCCC1(C(=O)O)CCNC1. The highest BCUT2D eigenvalue weighted by molar-refractivity contribution is 7.98. The molecule has 1 aliphatic rings. The van der Waals surface area contributed by atoms with Crippen LogP contribution in [0.1, 0.15) is 12.8 Å². The van der Waals surface area contributed by atoms with Crippen molar-refractivity contribution in [2.75, 3.05) is 25.1 Å². The third kappa shape index (κ3) is 1.93. The van der Waals surface area contributed by atoms with Gasteiger partial charge in [0.1, 0.15) is 0 Å². The van der Waals surface area contributed by atoms with Gasteiger partial charge in [0, 0.05) is 6.54 Å². The fourth-order valence-corrected chi connectivity index (χ4v) is 2.14. The molecule has 0 aliphatic carbocycles.